The van der Waals surface area contributed by atoms with Gasteiger partial charge in [0, 0.05) is 10.6 Å². The highest BCUT2D eigenvalue weighted by Crippen LogP contribution is 2.39. The molecule has 1 aromatic rings. The first-order valence-electron chi connectivity index (χ1n) is 6.26. The van der Waals surface area contributed by atoms with Crippen LogP contribution in [0, 0.1) is 0 Å². The van der Waals surface area contributed by atoms with Gasteiger partial charge in [0.1, 0.15) is 0 Å². The third-order valence-electron chi connectivity index (χ3n) is 3.05. The first-order valence-corrected chi connectivity index (χ1v) is 6.63. The SMILES string of the molecule is CCOC(=O)NC1=C(O)C(=O)C(C)(c2ccccc2Cl)O1. The van der Waals surface area contributed by atoms with Gasteiger partial charge in [-0.2, -0.15) is 0 Å². The molecule has 1 unspecified atom stereocenters. The molecule has 0 bridgehead atoms. The summed E-state index contributed by atoms with van der Waals surface area (Å²) in [5.41, 5.74) is -1.11. The second-order valence-electron chi connectivity index (χ2n) is 4.47. The zero-order valence-electron chi connectivity index (χ0n) is 11.5. The molecule has 1 atom stereocenters. The molecule has 112 valence electrons. The lowest BCUT2D eigenvalue weighted by Gasteiger charge is -2.24. The van der Waals surface area contributed by atoms with Gasteiger partial charge in [-0.25, -0.2) is 4.79 Å². The van der Waals surface area contributed by atoms with Crippen molar-refractivity contribution in [2.75, 3.05) is 6.61 Å². The molecular formula is C14H14ClNO5. The van der Waals surface area contributed by atoms with Crippen LogP contribution >= 0.6 is 11.6 Å². The monoisotopic (exact) mass is 311 g/mol. The van der Waals surface area contributed by atoms with E-state index in [2.05, 4.69) is 10.1 Å². The van der Waals surface area contributed by atoms with E-state index in [4.69, 9.17) is 16.3 Å². The van der Waals surface area contributed by atoms with Crippen LogP contribution in [0.4, 0.5) is 4.79 Å². The molecular weight excluding hydrogens is 298 g/mol. The van der Waals surface area contributed by atoms with Crippen LogP contribution in [0.1, 0.15) is 19.4 Å². The topological polar surface area (TPSA) is 84.9 Å². The number of carbonyl (C=O) groups is 2. The quantitative estimate of drug-likeness (QED) is 0.896. The number of Topliss-reactive ketones (excluding diaryl/α,β-unsaturated/α-hetero) is 1. The van der Waals surface area contributed by atoms with Gasteiger partial charge >= 0.3 is 6.09 Å². The summed E-state index contributed by atoms with van der Waals surface area (Å²) in [6.45, 7) is 3.24. The Morgan fingerprint density at radius 2 is 2.14 bits per heavy atom. The summed E-state index contributed by atoms with van der Waals surface area (Å²) in [5, 5.41) is 12.4. The van der Waals surface area contributed by atoms with Crippen molar-refractivity contribution in [2.45, 2.75) is 19.4 Å². The Morgan fingerprint density at radius 3 is 2.76 bits per heavy atom. The van der Waals surface area contributed by atoms with Crippen LogP contribution in [0.15, 0.2) is 35.9 Å². The standard InChI is InChI=1S/C14H14ClNO5/c1-3-20-13(19)16-12-10(17)11(18)14(2,21-12)8-6-4-5-7-9(8)15/h4-7,17H,3H2,1-2H3,(H,16,19). The van der Waals surface area contributed by atoms with E-state index in [1.807, 2.05) is 0 Å². The average molecular weight is 312 g/mol. The van der Waals surface area contributed by atoms with E-state index in [1.165, 1.54) is 6.92 Å². The molecule has 2 rings (SSSR count). The molecule has 21 heavy (non-hydrogen) atoms. The van der Waals surface area contributed by atoms with Gasteiger partial charge in [-0.15, -0.1) is 0 Å². The van der Waals surface area contributed by atoms with Crippen LogP contribution in [0.3, 0.4) is 0 Å². The number of aliphatic hydroxyl groups excluding tert-OH is 1. The van der Waals surface area contributed by atoms with Gasteiger partial charge in [-0.1, -0.05) is 29.8 Å². The third kappa shape index (κ3) is 2.67. The molecule has 0 radical (unpaired) electrons. The lowest BCUT2D eigenvalue weighted by molar-refractivity contribution is -0.131. The van der Waals surface area contributed by atoms with Crippen molar-refractivity contribution in [1.29, 1.82) is 0 Å². The first kappa shape index (κ1) is 15.2. The maximum atomic E-state index is 12.2. The van der Waals surface area contributed by atoms with Crippen molar-refractivity contribution >= 4 is 23.5 Å². The van der Waals surface area contributed by atoms with Crippen LogP contribution < -0.4 is 5.32 Å². The van der Waals surface area contributed by atoms with Crippen molar-refractivity contribution in [2.24, 2.45) is 0 Å². The van der Waals surface area contributed by atoms with Crippen LogP contribution in [0.2, 0.25) is 5.02 Å². The van der Waals surface area contributed by atoms with Crippen molar-refractivity contribution in [3.8, 4) is 0 Å². The normalized spacial score (nSPS) is 21.2. The van der Waals surface area contributed by atoms with Gasteiger partial charge < -0.3 is 14.6 Å². The number of alkyl carbamates (subject to hydrolysis) is 1. The third-order valence-corrected chi connectivity index (χ3v) is 3.38. The fourth-order valence-electron chi connectivity index (χ4n) is 2.00. The summed E-state index contributed by atoms with van der Waals surface area (Å²) in [4.78, 5) is 23.6. The molecule has 0 saturated carbocycles. The number of nitrogens with one attached hydrogen (secondary N) is 1. The Morgan fingerprint density at radius 1 is 1.48 bits per heavy atom. The summed E-state index contributed by atoms with van der Waals surface area (Å²) in [6.07, 6.45) is -0.824. The predicted octanol–water partition coefficient (Wildman–Crippen LogP) is 2.63. The number of hydrogen-bond acceptors (Lipinski definition) is 5. The van der Waals surface area contributed by atoms with Crippen LogP contribution in [-0.2, 0) is 19.9 Å². The molecule has 7 heteroatoms. The number of halogens is 1. The number of amides is 1. The summed E-state index contributed by atoms with van der Waals surface area (Å²) in [5.74, 6) is -1.71. The number of hydrogen-bond donors (Lipinski definition) is 2. The summed E-state index contributed by atoms with van der Waals surface area (Å²) in [6, 6.07) is 6.62. The van der Waals surface area contributed by atoms with Gasteiger partial charge in [0.15, 0.2) is 0 Å². The molecule has 2 N–H and O–H groups in total. The Bertz CT molecular complexity index is 628. The molecule has 1 aliphatic heterocycles. The molecule has 6 nitrogen and oxygen atoms in total. The Kier molecular flexibility index (Phi) is 4.09. The minimum atomic E-state index is -1.50. The highest BCUT2D eigenvalue weighted by molar-refractivity contribution is 6.32. The number of benzene rings is 1. The minimum absolute atomic E-state index is 0.148. The molecule has 0 aromatic heterocycles. The lowest BCUT2D eigenvalue weighted by atomic mass is 9.91. The molecule has 0 aliphatic carbocycles. The number of carbonyl (C=O) groups excluding carboxylic acids is 2. The molecule has 1 aliphatic rings. The number of ketones is 1. The highest BCUT2D eigenvalue weighted by atomic mass is 35.5. The van der Waals surface area contributed by atoms with Crippen molar-refractivity contribution < 1.29 is 24.2 Å². The van der Waals surface area contributed by atoms with E-state index in [0.29, 0.717) is 10.6 Å². The second kappa shape index (κ2) is 5.65. The van der Waals surface area contributed by atoms with Gasteiger partial charge in [-0.05, 0) is 19.9 Å². The fourth-order valence-corrected chi connectivity index (χ4v) is 2.31. The number of rotatable bonds is 3. The summed E-state index contributed by atoms with van der Waals surface area (Å²) in [7, 11) is 0. The van der Waals surface area contributed by atoms with Crippen molar-refractivity contribution in [1.82, 2.24) is 5.32 Å². The average Bonchev–Trinajstić information content (AvgIpc) is 2.65. The maximum Gasteiger partial charge on any atom is 0.414 e. The van der Waals surface area contributed by atoms with Crippen LogP contribution in [0.25, 0.3) is 0 Å². The van der Waals surface area contributed by atoms with E-state index >= 15 is 0 Å². The van der Waals surface area contributed by atoms with Gasteiger partial charge in [0.05, 0.1) is 6.61 Å². The van der Waals surface area contributed by atoms with Gasteiger partial charge in [0.2, 0.25) is 17.2 Å². The Labute approximate surface area is 126 Å². The molecule has 1 amide bonds. The van der Waals surface area contributed by atoms with Crippen molar-refractivity contribution in [3.63, 3.8) is 0 Å². The molecule has 1 heterocycles. The summed E-state index contributed by atoms with van der Waals surface area (Å²) >= 11 is 6.07. The number of ether oxygens (including phenoxy) is 2. The summed E-state index contributed by atoms with van der Waals surface area (Å²) < 4.78 is 10.1. The molecule has 1 aromatic carbocycles. The largest absolute Gasteiger partial charge is 0.501 e. The zero-order chi connectivity index (χ0) is 15.6. The minimum Gasteiger partial charge on any atom is -0.501 e. The Hall–Kier alpha value is -2.21. The predicted molar refractivity (Wildman–Crippen MR) is 74.7 cm³/mol. The fraction of sp³-hybridized carbons (Fsp3) is 0.286. The van der Waals surface area contributed by atoms with E-state index in [0.717, 1.165) is 0 Å². The van der Waals surface area contributed by atoms with Crippen molar-refractivity contribution in [3.05, 3.63) is 46.5 Å². The molecule has 0 saturated heterocycles. The number of aliphatic hydroxyl groups is 1. The second-order valence-corrected chi connectivity index (χ2v) is 4.87. The van der Waals surface area contributed by atoms with Crippen LogP contribution in [0.5, 0.6) is 0 Å². The zero-order valence-corrected chi connectivity index (χ0v) is 12.2. The Balaban J connectivity index is 2.30. The van der Waals surface area contributed by atoms with E-state index in [-0.39, 0.29) is 12.5 Å². The maximum absolute atomic E-state index is 12.2. The van der Waals surface area contributed by atoms with Crippen LogP contribution in [-0.4, -0.2) is 23.6 Å². The van der Waals surface area contributed by atoms with E-state index < -0.39 is 23.2 Å². The van der Waals surface area contributed by atoms with Gasteiger partial charge in [-0.3, -0.25) is 10.1 Å². The van der Waals surface area contributed by atoms with E-state index in [1.54, 1.807) is 31.2 Å². The molecule has 0 fully saturated rings. The lowest BCUT2D eigenvalue weighted by Crippen LogP contribution is -2.32. The molecule has 0 spiro atoms. The van der Waals surface area contributed by atoms with E-state index in [9.17, 15) is 14.7 Å². The first-order chi connectivity index (χ1) is 9.90. The highest BCUT2D eigenvalue weighted by Gasteiger charge is 2.49. The van der Waals surface area contributed by atoms with Gasteiger partial charge in [0.25, 0.3) is 5.78 Å². The smallest absolute Gasteiger partial charge is 0.414 e.